The van der Waals surface area contributed by atoms with Crippen molar-refractivity contribution in [3.63, 3.8) is 0 Å². The number of hydrogen-bond donors (Lipinski definition) is 1. The van der Waals surface area contributed by atoms with Gasteiger partial charge in [-0.15, -0.1) is 8.78 Å². The number of aromatic nitrogens is 2. The van der Waals surface area contributed by atoms with Crippen molar-refractivity contribution in [3.05, 3.63) is 53.6 Å². The van der Waals surface area contributed by atoms with E-state index in [0.29, 0.717) is 37.4 Å². The number of nitrogens with zero attached hydrogens (tertiary/aromatic N) is 4. The highest BCUT2D eigenvalue weighted by Gasteiger charge is 2.43. The van der Waals surface area contributed by atoms with Gasteiger partial charge in [-0.05, 0) is 43.7 Å². The lowest BCUT2D eigenvalue weighted by Crippen LogP contribution is -2.50. The molecular formula is C22H22F2N4O5. The number of carbonyl (C=O) groups excluding carboxylic acids is 2. The SMILES string of the molecule is CC(C)(O)c1cc(C(=O)N2CCN(C(=O)C=Cc3ccc4c(c3)OC(F)(F)O4)CC2)ncn1. The number of carbonyl (C=O) groups is 2. The minimum Gasteiger partial charge on any atom is -0.395 e. The molecule has 0 aliphatic carbocycles. The van der Waals surface area contributed by atoms with Crippen LogP contribution in [0, 0.1) is 0 Å². The third-order valence-electron chi connectivity index (χ3n) is 5.24. The number of fused-ring (bicyclic) bond motifs is 1. The summed E-state index contributed by atoms with van der Waals surface area (Å²) >= 11 is 0. The highest BCUT2D eigenvalue weighted by atomic mass is 19.3. The Morgan fingerprint density at radius 2 is 1.73 bits per heavy atom. The Morgan fingerprint density at radius 3 is 2.42 bits per heavy atom. The van der Waals surface area contributed by atoms with Gasteiger partial charge < -0.3 is 24.4 Å². The summed E-state index contributed by atoms with van der Waals surface area (Å²) in [4.78, 5) is 36.5. The van der Waals surface area contributed by atoms with Gasteiger partial charge in [-0.3, -0.25) is 9.59 Å². The average Bonchev–Trinajstić information content (AvgIpc) is 3.09. The van der Waals surface area contributed by atoms with Gasteiger partial charge >= 0.3 is 6.29 Å². The molecule has 1 saturated heterocycles. The summed E-state index contributed by atoms with van der Waals surface area (Å²) < 4.78 is 35.0. The number of benzene rings is 1. The van der Waals surface area contributed by atoms with Gasteiger partial charge in [-0.2, -0.15) is 0 Å². The first kappa shape index (κ1) is 22.6. The topological polar surface area (TPSA) is 105 Å². The highest BCUT2D eigenvalue weighted by Crippen LogP contribution is 2.41. The van der Waals surface area contributed by atoms with Crippen LogP contribution in [0.4, 0.5) is 8.78 Å². The van der Waals surface area contributed by atoms with E-state index in [1.54, 1.807) is 23.6 Å². The number of amides is 2. The maximum atomic E-state index is 13.1. The molecule has 9 nitrogen and oxygen atoms in total. The fourth-order valence-electron chi connectivity index (χ4n) is 3.44. The first-order valence-electron chi connectivity index (χ1n) is 10.2. The molecule has 1 aromatic carbocycles. The van der Waals surface area contributed by atoms with Crippen molar-refractivity contribution in [1.82, 2.24) is 19.8 Å². The van der Waals surface area contributed by atoms with E-state index in [2.05, 4.69) is 19.4 Å². The second-order valence-corrected chi connectivity index (χ2v) is 8.17. The van der Waals surface area contributed by atoms with Crippen molar-refractivity contribution in [3.8, 4) is 11.5 Å². The smallest absolute Gasteiger partial charge is 0.395 e. The number of piperazine rings is 1. The summed E-state index contributed by atoms with van der Waals surface area (Å²) in [6.45, 7) is 4.43. The highest BCUT2D eigenvalue weighted by molar-refractivity contribution is 5.94. The summed E-state index contributed by atoms with van der Waals surface area (Å²) in [5, 5.41) is 10.1. The second-order valence-electron chi connectivity index (χ2n) is 8.17. The van der Waals surface area contributed by atoms with Crippen molar-refractivity contribution >= 4 is 17.9 Å². The lowest BCUT2D eigenvalue weighted by molar-refractivity contribution is -0.286. The van der Waals surface area contributed by atoms with Crippen LogP contribution in [0.1, 0.15) is 35.6 Å². The lowest BCUT2D eigenvalue weighted by Gasteiger charge is -2.34. The van der Waals surface area contributed by atoms with Gasteiger partial charge in [0.1, 0.15) is 17.6 Å². The van der Waals surface area contributed by atoms with Crippen LogP contribution in [0.2, 0.25) is 0 Å². The predicted molar refractivity (Wildman–Crippen MR) is 111 cm³/mol. The Labute approximate surface area is 188 Å². The van der Waals surface area contributed by atoms with E-state index in [-0.39, 0.29) is 29.0 Å². The van der Waals surface area contributed by atoms with Crippen molar-refractivity contribution in [1.29, 1.82) is 0 Å². The predicted octanol–water partition coefficient (Wildman–Crippen LogP) is 2.02. The van der Waals surface area contributed by atoms with Gasteiger partial charge in [0.15, 0.2) is 11.5 Å². The summed E-state index contributed by atoms with van der Waals surface area (Å²) in [6.07, 6.45) is 0.383. The Kier molecular flexibility index (Phi) is 5.75. The molecule has 2 aromatic rings. The molecule has 2 amide bonds. The molecule has 1 fully saturated rings. The molecule has 1 N–H and O–H groups in total. The van der Waals surface area contributed by atoms with Crippen LogP contribution in [0.25, 0.3) is 6.08 Å². The summed E-state index contributed by atoms with van der Waals surface area (Å²) in [7, 11) is 0. The van der Waals surface area contributed by atoms with Crippen molar-refractivity contribution in [2.24, 2.45) is 0 Å². The van der Waals surface area contributed by atoms with Gasteiger partial charge in [-0.1, -0.05) is 6.07 Å². The molecule has 2 aliphatic rings. The normalized spacial score (nSPS) is 17.5. The zero-order valence-electron chi connectivity index (χ0n) is 18.0. The van der Waals surface area contributed by atoms with Crippen LogP contribution >= 0.6 is 0 Å². The number of halogens is 2. The number of aliphatic hydroxyl groups is 1. The Bertz CT molecular complexity index is 1110. The standard InChI is InChI=1S/C22H22F2N4O5/c1-21(2,31)18-12-15(25-13-26-18)20(30)28-9-7-27(8-10-28)19(29)6-4-14-3-5-16-17(11-14)33-22(23,24)32-16/h3-6,11-13,31H,7-10H2,1-2H3. The van der Waals surface area contributed by atoms with Gasteiger partial charge in [0.2, 0.25) is 5.91 Å². The Balaban J connectivity index is 1.34. The van der Waals surface area contributed by atoms with E-state index in [1.807, 2.05) is 0 Å². The molecule has 2 aliphatic heterocycles. The number of rotatable bonds is 4. The number of ether oxygens (including phenoxy) is 2. The molecule has 174 valence electrons. The molecular weight excluding hydrogens is 438 g/mol. The minimum absolute atomic E-state index is 0.0670. The lowest BCUT2D eigenvalue weighted by atomic mass is 10.0. The maximum Gasteiger partial charge on any atom is 0.586 e. The minimum atomic E-state index is -3.70. The number of alkyl halides is 2. The zero-order valence-corrected chi connectivity index (χ0v) is 18.0. The summed E-state index contributed by atoms with van der Waals surface area (Å²) in [6, 6.07) is 5.71. The molecule has 0 radical (unpaired) electrons. The van der Waals surface area contributed by atoms with E-state index in [9.17, 15) is 23.5 Å². The molecule has 11 heteroatoms. The zero-order chi connectivity index (χ0) is 23.8. The van der Waals surface area contributed by atoms with E-state index < -0.39 is 11.9 Å². The average molecular weight is 460 g/mol. The third-order valence-corrected chi connectivity index (χ3v) is 5.24. The molecule has 0 spiro atoms. The summed E-state index contributed by atoms with van der Waals surface area (Å²) in [5.41, 5.74) is -0.181. The van der Waals surface area contributed by atoms with Gasteiger partial charge in [0, 0.05) is 32.3 Å². The van der Waals surface area contributed by atoms with Crippen LogP contribution in [-0.4, -0.2) is 69.2 Å². The van der Waals surface area contributed by atoms with Crippen LogP contribution in [0.15, 0.2) is 36.7 Å². The molecule has 3 heterocycles. The van der Waals surface area contributed by atoms with Crippen molar-refractivity contribution in [2.45, 2.75) is 25.7 Å². The molecule has 0 bridgehead atoms. The number of hydrogen-bond acceptors (Lipinski definition) is 7. The molecule has 1 aromatic heterocycles. The van der Waals surface area contributed by atoms with E-state index in [0.717, 1.165) is 0 Å². The molecule has 0 saturated carbocycles. The second kappa shape index (κ2) is 8.39. The fourth-order valence-corrected chi connectivity index (χ4v) is 3.44. The molecule has 0 atom stereocenters. The Hall–Kier alpha value is -3.60. The summed E-state index contributed by atoms with van der Waals surface area (Å²) in [5.74, 6) is -0.735. The van der Waals surface area contributed by atoms with Crippen LogP contribution < -0.4 is 9.47 Å². The largest absolute Gasteiger partial charge is 0.586 e. The monoisotopic (exact) mass is 460 g/mol. The van der Waals surface area contributed by atoms with E-state index in [4.69, 9.17) is 0 Å². The van der Waals surface area contributed by atoms with Crippen LogP contribution in [-0.2, 0) is 10.4 Å². The quantitative estimate of drug-likeness (QED) is 0.696. The Morgan fingerprint density at radius 1 is 1.06 bits per heavy atom. The fraction of sp³-hybridized carbons (Fsp3) is 0.364. The molecule has 0 unspecified atom stereocenters. The van der Waals surface area contributed by atoms with Gasteiger partial charge in [0.05, 0.1) is 5.69 Å². The van der Waals surface area contributed by atoms with Crippen molar-refractivity contribution < 1.29 is 33.0 Å². The van der Waals surface area contributed by atoms with Crippen LogP contribution in [0.3, 0.4) is 0 Å². The molecule has 4 rings (SSSR count). The maximum absolute atomic E-state index is 13.1. The first-order chi connectivity index (χ1) is 15.5. The van der Waals surface area contributed by atoms with Gasteiger partial charge in [0.25, 0.3) is 5.91 Å². The van der Waals surface area contributed by atoms with Crippen LogP contribution in [0.5, 0.6) is 11.5 Å². The third kappa shape index (κ3) is 5.08. The van der Waals surface area contributed by atoms with Gasteiger partial charge in [-0.25, -0.2) is 9.97 Å². The van der Waals surface area contributed by atoms with E-state index in [1.165, 1.54) is 42.7 Å². The first-order valence-corrected chi connectivity index (χ1v) is 10.2. The van der Waals surface area contributed by atoms with Crippen molar-refractivity contribution in [2.75, 3.05) is 26.2 Å². The van der Waals surface area contributed by atoms with E-state index >= 15 is 0 Å². The molecule has 33 heavy (non-hydrogen) atoms.